The van der Waals surface area contributed by atoms with Crippen LogP contribution in [0.5, 0.6) is 0 Å². The van der Waals surface area contributed by atoms with Gasteiger partial charge in [-0.25, -0.2) is 0 Å². The van der Waals surface area contributed by atoms with Gasteiger partial charge in [-0.15, -0.1) is 20.4 Å². The SMILES string of the molecule is C1=CC(c2nnc(/C=C/c3ccccc3)nn2)=CC1. The molecule has 92 valence electrons. The van der Waals surface area contributed by atoms with Gasteiger partial charge in [0.15, 0.2) is 5.82 Å². The molecular weight excluding hydrogens is 236 g/mol. The Morgan fingerprint density at radius 1 is 0.895 bits per heavy atom. The predicted octanol–water partition coefficient (Wildman–Crippen LogP) is 2.78. The van der Waals surface area contributed by atoms with Gasteiger partial charge in [-0.1, -0.05) is 54.6 Å². The van der Waals surface area contributed by atoms with Gasteiger partial charge < -0.3 is 0 Å². The van der Waals surface area contributed by atoms with Crippen LogP contribution in [0.25, 0.3) is 17.7 Å². The quantitative estimate of drug-likeness (QED) is 0.838. The molecule has 0 saturated carbocycles. The molecule has 4 nitrogen and oxygen atoms in total. The van der Waals surface area contributed by atoms with Crippen LogP contribution in [0.1, 0.15) is 23.6 Å². The molecule has 1 aromatic heterocycles. The van der Waals surface area contributed by atoms with Gasteiger partial charge >= 0.3 is 0 Å². The van der Waals surface area contributed by atoms with Crippen LogP contribution < -0.4 is 0 Å². The molecule has 0 aliphatic heterocycles. The number of hydrogen-bond donors (Lipinski definition) is 0. The van der Waals surface area contributed by atoms with Gasteiger partial charge in [-0.3, -0.25) is 0 Å². The largest absolute Gasteiger partial charge is 0.203 e. The summed E-state index contributed by atoms with van der Waals surface area (Å²) >= 11 is 0. The summed E-state index contributed by atoms with van der Waals surface area (Å²) < 4.78 is 0. The molecule has 4 heteroatoms. The molecule has 0 saturated heterocycles. The minimum Gasteiger partial charge on any atom is -0.126 e. The Labute approximate surface area is 111 Å². The molecule has 0 atom stereocenters. The normalized spacial score (nSPS) is 14.0. The molecule has 0 radical (unpaired) electrons. The zero-order valence-electron chi connectivity index (χ0n) is 10.3. The molecule has 1 aliphatic rings. The molecular formula is C15H12N4. The van der Waals surface area contributed by atoms with E-state index in [2.05, 4.69) is 32.5 Å². The van der Waals surface area contributed by atoms with Gasteiger partial charge in [0, 0.05) is 5.57 Å². The molecule has 0 spiro atoms. The molecule has 0 unspecified atom stereocenters. The highest BCUT2D eigenvalue weighted by molar-refractivity contribution is 5.71. The van der Waals surface area contributed by atoms with Gasteiger partial charge in [0.1, 0.15) is 0 Å². The van der Waals surface area contributed by atoms with Crippen LogP contribution in [0.4, 0.5) is 0 Å². The van der Waals surface area contributed by atoms with Crippen LogP contribution in [0, 0.1) is 0 Å². The summed E-state index contributed by atoms with van der Waals surface area (Å²) in [6.45, 7) is 0. The fourth-order valence-corrected chi connectivity index (χ4v) is 1.78. The third-order valence-corrected chi connectivity index (χ3v) is 2.75. The van der Waals surface area contributed by atoms with Crippen LogP contribution in [0.15, 0.2) is 48.6 Å². The fourth-order valence-electron chi connectivity index (χ4n) is 1.78. The average molecular weight is 248 g/mol. The smallest absolute Gasteiger partial charge is 0.126 e. The molecule has 1 aromatic carbocycles. The monoisotopic (exact) mass is 248 g/mol. The highest BCUT2D eigenvalue weighted by Gasteiger charge is 2.05. The lowest BCUT2D eigenvalue weighted by atomic mass is 10.2. The maximum absolute atomic E-state index is 4.08. The first-order valence-corrected chi connectivity index (χ1v) is 6.09. The number of rotatable bonds is 3. The lowest BCUT2D eigenvalue weighted by Gasteiger charge is -1.96. The molecule has 1 heterocycles. The summed E-state index contributed by atoms with van der Waals surface area (Å²) in [5, 5.41) is 16.3. The van der Waals surface area contributed by atoms with E-state index < -0.39 is 0 Å². The van der Waals surface area contributed by atoms with Crippen molar-refractivity contribution >= 4 is 17.7 Å². The Bertz CT molecular complexity index is 640. The van der Waals surface area contributed by atoms with Crippen molar-refractivity contribution < 1.29 is 0 Å². The molecule has 19 heavy (non-hydrogen) atoms. The minimum absolute atomic E-state index is 0.509. The van der Waals surface area contributed by atoms with Crippen molar-refractivity contribution in [2.75, 3.05) is 0 Å². The summed E-state index contributed by atoms with van der Waals surface area (Å²) in [5.74, 6) is 1.08. The summed E-state index contributed by atoms with van der Waals surface area (Å²) in [6.07, 6.45) is 10.8. The van der Waals surface area contributed by atoms with Crippen molar-refractivity contribution in [3.05, 3.63) is 65.8 Å². The first kappa shape index (κ1) is 11.5. The molecule has 3 rings (SSSR count). The molecule has 0 amide bonds. The van der Waals surface area contributed by atoms with E-state index in [1.807, 2.05) is 42.5 Å². The van der Waals surface area contributed by atoms with Crippen LogP contribution >= 0.6 is 0 Å². The van der Waals surface area contributed by atoms with Crippen LogP contribution in [0.2, 0.25) is 0 Å². The van der Waals surface area contributed by atoms with E-state index in [1.165, 1.54) is 0 Å². The molecule has 0 N–H and O–H groups in total. The average Bonchev–Trinajstić information content (AvgIpc) is 3.01. The van der Waals surface area contributed by atoms with Crippen molar-refractivity contribution in [3.8, 4) is 0 Å². The zero-order valence-corrected chi connectivity index (χ0v) is 10.3. The van der Waals surface area contributed by atoms with Crippen molar-refractivity contribution in [1.82, 2.24) is 20.4 Å². The van der Waals surface area contributed by atoms with E-state index in [4.69, 9.17) is 0 Å². The minimum atomic E-state index is 0.509. The third kappa shape index (κ3) is 2.80. The first-order chi connectivity index (χ1) is 9.42. The lowest BCUT2D eigenvalue weighted by molar-refractivity contribution is 0.822. The standard InChI is InChI=1S/C15H12N4/c1-2-6-12(7-3-1)10-11-14-16-18-15(19-17-14)13-8-4-5-9-13/h1-4,6-11H,5H2/b11-10+. The summed E-state index contributed by atoms with van der Waals surface area (Å²) in [4.78, 5) is 0. The number of hydrogen-bond acceptors (Lipinski definition) is 4. The summed E-state index contributed by atoms with van der Waals surface area (Å²) in [6, 6.07) is 9.98. The van der Waals surface area contributed by atoms with Gasteiger partial charge in [-0.05, 0) is 18.1 Å². The maximum atomic E-state index is 4.08. The molecule has 1 aliphatic carbocycles. The van der Waals surface area contributed by atoms with Crippen molar-refractivity contribution in [3.63, 3.8) is 0 Å². The predicted molar refractivity (Wildman–Crippen MR) is 74.7 cm³/mol. The van der Waals surface area contributed by atoms with Gasteiger partial charge in [0.2, 0.25) is 5.82 Å². The molecule has 0 bridgehead atoms. The van der Waals surface area contributed by atoms with E-state index in [0.29, 0.717) is 11.6 Å². The van der Waals surface area contributed by atoms with E-state index in [0.717, 1.165) is 17.6 Å². The first-order valence-electron chi connectivity index (χ1n) is 6.09. The van der Waals surface area contributed by atoms with Crippen molar-refractivity contribution in [2.24, 2.45) is 0 Å². The molecule has 2 aromatic rings. The topological polar surface area (TPSA) is 51.6 Å². The van der Waals surface area contributed by atoms with Crippen LogP contribution in [-0.4, -0.2) is 20.4 Å². The van der Waals surface area contributed by atoms with Crippen LogP contribution in [-0.2, 0) is 0 Å². The Kier molecular flexibility index (Phi) is 3.23. The van der Waals surface area contributed by atoms with Crippen LogP contribution in [0.3, 0.4) is 0 Å². The highest BCUT2D eigenvalue weighted by Crippen LogP contribution is 2.16. The van der Waals surface area contributed by atoms with E-state index in [9.17, 15) is 0 Å². The van der Waals surface area contributed by atoms with Gasteiger partial charge in [0.05, 0.1) is 0 Å². The van der Waals surface area contributed by atoms with E-state index >= 15 is 0 Å². The Balaban J connectivity index is 1.76. The van der Waals surface area contributed by atoms with Crippen molar-refractivity contribution in [2.45, 2.75) is 6.42 Å². The Morgan fingerprint density at radius 2 is 1.68 bits per heavy atom. The van der Waals surface area contributed by atoms with Gasteiger partial charge in [0.25, 0.3) is 0 Å². The highest BCUT2D eigenvalue weighted by atomic mass is 15.3. The summed E-state index contributed by atoms with van der Waals surface area (Å²) in [5.41, 5.74) is 2.08. The van der Waals surface area contributed by atoms with Crippen molar-refractivity contribution in [1.29, 1.82) is 0 Å². The van der Waals surface area contributed by atoms with E-state index in [-0.39, 0.29) is 0 Å². The maximum Gasteiger partial charge on any atom is 0.203 e. The lowest BCUT2D eigenvalue weighted by Crippen LogP contribution is -2.00. The zero-order chi connectivity index (χ0) is 12.9. The second kappa shape index (κ2) is 5.35. The Hall–Kier alpha value is -2.62. The number of allylic oxidation sites excluding steroid dienone is 4. The fraction of sp³-hybridized carbons (Fsp3) is 0.0667. The summed E-state index contributed by atoms with van der Waals surface area (Å²) in [7, 11) is 0. The van der Waals surface area contributed by atoms with Gasteiger partial charge in [-0.2, -0.15) is 0 Å². The Morgan fingerprint density at radius 3 is 2.37 bits per heavy atom. The number of benzene rings is 1. The number of nitrogens with zero attached hydrogens (tertiary/aromatic N) is 4. The molecule has 0 fully saturated rings. The second-order valence-electron chi connectivity index (χ2n) is 4.12. The third-order valence-electron chi connectivity index (χ3n) is 2.75. The number of aromatic nitrogens is 4. The van der Waals surface area contributed by atoms with E-state index in [1.54, 1.807) is 6.08 Å². The second-order valence-corrected chi connectivity index (χ2v) is 4.12.